The Bertz CT molecular complexity index is 583. The largest absolute Gasteiger partial charge is 0.486 e. The highest BCUT2D eigenvalue weighted by molar-refractivity contribution is 7.15. The SMILES string of the molecule is Nc1nc(-c2ccc3c(c2)OCCO3)c(CO)s1. The molecule has 0 saturated carbocycles. The molecule has 1 aliphatic rings. The summed E-state index contributed by atoms with van der Waals surface area (Å²) in [4.78, 5) is 4.99. The quantitative estimate of drug-likeness (QED) is 0.862. The van der Waals surface area contributed by atoms with Crippen LogP contribution in [0.15, 0.2) is 18.2 Å². The van der Waals surface area contributed by atoms with E-state index in [4.69, 9.17) is 15.2 Å². The normalized spacial score (nSPS) is 13.6. The Balaban J connectivity index is 2.06. The number of nitrogens with zero attached hydrogens (tertiary/aromatic N) is 1. The van der Waals surface area contributed by atoms with Gasteiger partial charge in [0.15, 0.2) is 16.6 Å². The molecule has 0 spiro atoms. The number of nitrogen functional groups attached to an aromatic ring is 1. The van der Waals surface area contributed by atoms with Gasteiger partial charge in [-0.3, -0.25) is 0 Å². The zero-order valence-corrected chi connectivity index (χ0v) is 10.4. The van der Waals surface area contributed by atoms with Gasteiger partial charge in [0.05, 0.1) is 17.2 Å². The average Bonchev–Trinajstić information content (AvgIpc) is 2.79. The van der Waals surface area contributed by atoms with Gasteiger partial charge in [0.2, 0.25) is 0 Å². The molecule has 3 rings (SSSR count). The second-order valence-electron chi connectivity index (χ2n) is 3.84. The number of ether oxygens (including phenoxy) is 2. The highest BCUT2D eigenvalue weighted by atomic mass is 32.1. The summed E-state index contributed by atoms with van der Waals surface area (Å²) in [5.41, 5.74) is 7.25. The standard InChI is InChI=1S/C12H12N2O3S/c13-12-14-11(10(6-15)18-12)7-1-2-8-9(5-7)17-4-3-16-8/h1-2,5,15H,3-4,6H2,(H2,13,14). The molecular weight excluding hydrogens is 252 g/mol. The molecule has 94 valence electrons. The number of hydrogen-bond acceptors (Lipinski definition) is 6. The van der Waals surface area contributed by atoms with Crippen LogP contribution < -0.4 is 15.2 Å². The molecule has 1 aliphatic heterocycles. The van der Waals surface area contributed by atoms with Crippen molar-refractivity contribution in [3.63, 3.8) is 0 Å². The minimum absolute atomic E-state index is 0.0708. The fourth-order valence-corrected chi connectivity index (χ4v) is 2.61. The van der Waals surface area contributed by atoms with Crippen LogP contribution in [0, 0.1) is 0 Å². The number of aliphatic hydroxyl groups excluding tert-OH is 1. The summed E-state index contributed by atoms with van der Waals surface area (Å²) in [6.07, 6.45) is 0. The lowest BCUT2D eigenvalue weighted by Gasteiger charge is -2.18. The van der Waals surface area contributed by atoms with Crippen LogP contribution in [-0.2, 0) is 6.61 Å². The van der Waals surface area contributed by atoms with Crippen LogP contribution in [0.1, 0.15) is 4.88 Å². The highest BCUT2D eigenvalue weighted by Crippen LogP contribution is 2.37. The van der Waals surface area contributed by atoms with Crippen LogP contribution in [0.5, 0.6) is 11.5 Å². The fourth-order valence-electron chi connectivity index (χ4n) is 1.89. The van der Waals surface area contributed by atoms with Crippen molar-refractivity contribution in [2.24, 2.45) is 0 Å². The molecule has 0 unspecified atom stereocenters. The number of benzene rings is 1. The first kappa shape index (κ1) is 11.3. The molecule has 0 aliphatic carbocycles. The molecule has 0 fully saturated rings. The zero-order valence-electron chi connectivity index (χ0n) is 9.55. The smallest absolute Gasteiger partial charge is 0.180 e. The molecule has 0 bridgehead atoms. The van der Waals surface area contributed by atoms with Crippen molar-refractivity contribution in [3.8, 4) is 22.8 Å². The third kappa shape index (κ3) is 1.89. The first-order chi connectivity index (χ1) is 8.78. The Morgan fingerprint density at radius 1 is 1.28 bits per heavy atom. The first-order valence-corrected chi connectivity index (χ1v) is 6.35. The molecule has 0 atom stereocenters. The lowest BCUT2D eigenvalue weighted by Crippen LogP contribution is -2.15. The fraction of sp³-hybridized carbons (Fsp3) is 0.250. The highest BCUT2D eigenvalue weighted by Gasteiger charge is 2.16. The summed E-state index contributed by atoms with van der Waals surface area (Å²) in [6.45, 7) is 1.04. The topological polar surface area (TPSA) is 77.6 Å². The molecule has 2 heterocycles. The first-order valence-electron chi connectivity index (χ1n) is 5.54. The zero-order chi connectivity index (χ0) is 12.5. The lowest BCUT2D eigenvalue weighted by molar-refractivity contribution is 0.171. The number of anilines is 1. The van der Waals surface area contributed by atoms with Crippen molar-refractivity contribution in [1.82, 2.24) is 4.98 Å². The Labute approximate surface area is 108 Å². The number of aromatic nitrogens is 1. The van der Waals surface area contributed by atoms with E-state index >= 15 is 0 Å². The molecule has 6 heteroatoms. The predicted octanol–water partition coefficient (Wildman–Crippen LogP) is 1.66. The van der Waals surface area contributed by atoms with Gasteiger partial charge in [-0.25, -0.2) is 4.98 Å². The van der Waals surface area contributed by atoms with Crippen LogP contribution >= 0.6 is 11.3 Å². The van der Waals surface area contributed by atoms with E-state index in [0.29, 0.717) is 29.8 Å². The van der Waals surface area contributed by atoms with Gasteiger partial charge in [0, 0.05) is 5.56 Å². The van der Waals surface area contributed by atoms with E-state index in [0.717, 1.165) is 16.2 Å². The molecule has 3 N–H and O–H groups in total. The van der Waals surface area contributed by atoms with E-state index < -0.39 is 0 Å². The molecule has 0 amide bonds. The monoisotopic (exact) mass is 264 g/mol. The number of thiazole rings is 1. The van der Waals surface area contributed by atoms with Crippen LogP contribution in [0.3, 0.4) is 0 Å². The molecule has 18 heavy (non-hydrogen) atoms. The van der Waals surface area contributed by atoms with Gasteiger partial charge in [-0.15, -0.1) is 0 Å². The van der Waals surface area contributed by atoms with E-state index in [1.165, 1.54) is 11.3 Å². The Kier molecular flexibility index (Phi) is 2.81. The average molecular weight is 264 g/mol. The minimum atomic E-state index is -0.0708. The number of fused-ring (bicyclic) bond motifs is 1. The van der Waals surface area contributed by atoms with Crippen molar-refractivity contribution < 1.29 is 14.6 Å². The third-order valence-corrected chi connectivity index (χ3v) is 3.54. The van der Waals surface area contributed by atoms with Crippen LogP contribution in [0.4, 0.5) is 5.13 Å². The number of hydrogen-bond donors (Lipinski definition) is 2. The summed E-state index contributed by atoms with van der Waals surface area (Å²) < 4.78 is 11.0. The molecule has 2 aromatic rings. The second-order valence-corrected chi connectivity index (χ2v) is 4.96. The third-order valence-electron chi connectivity index (χ3n) is 2.67. The summed E-state index contributed by atoms with van der Waals surface area (Å²) in [6, 6.07) is 5.60. The van der Waals surface area contributed by atoms with Crippen molar-refractivity contribution in [3.05, 3.63) is 23.1 Å². The van der Waals surface area contributed by atoms with Gasteiger partial charge in [0.25, 0.3) is 0 Å². The van der Waals surface area contributed by atoms with E-state index in [9.17, 15) is 5.11 Å². The van der Waals surface area contributed by atoms with Crippen molar-refractivity contribution in [2.75, 3.05) is 18.9 Å². The summed E-state index contributed by atoms with van der Waals surface area (Å²) >= 11 is 1.29. The van der Waals surface area contributed by atoms with E-state index in [1.807, 2.05) is 18.2 Å². The van der Waals surface area contributed by atoms with Crippen molar-refractivity contribution in [1.29, 1.82) is 0 Å². The predicted molar refractivity (Wildman–Crippen MR) is 68.9 cm³/mol. The summed E-state index contributed by atoms with van der Waals surface area (Å²) in [7, 11) is 0. The van der Waals surface area contributed by atoms with Crippen LogP contribution in [0.25, 0.3) is 11.3 Å². The maximum Gasteiger partial charge on any atom is 0.180 e. The Morgan fingerprint density at radius 3 is 2.83 bits per heavy atom. The molecule has 0 radical (unpaired) electrons. The molecular formula is C12H12N2O3S. The summed E-state index contributed by atoms with van der Waals surface area (Å²) in [5.74, 6) is 1.44. The van der Waals surface area contributed by atoms with Crippen LogP contribution in [-0.4, -0.2) is 23.3 Å². The Hall–Kier alpha value is -1.79. The molecule has 1 aromatic carbocycles. The maximum atomic E-state index is 9.29. The van der Waals surface area contributed by atoms with Gasteiger partial charge in [0.1, 0.15) is 13.2 Å². The molecule has 1 aromatic heterocycles. The van der Waals surface area contributed by atoms with Gasteiger partial charge >= 0.3 is 0 Å². The molecule has 5 nitrogen and oxygen atoms in total. The van der Waals surface area contributed by atoms with Crippen LogP contribution in [0.2, 0.25) is 0 Å². The maximum absolute atomic E-state index is 9.29. The van der Waals surface area contributed by atoms with Gasteiger partial charge in [-0.2, -0.15) is 0 Å². The summed E-state index contributed by atoms with van der Waals surface area (Å²) in [5, 5.41) is 9.74. The van der Waals surface area contributed by atoms with Gasteiger partial charge in [-0.1, -0.05) is 11.3 Å². The van der Waals surface area contributed by atoms with Gasteiger partial charge in [-0.05, 0) is 18.2 Å². The lowest BCUT2D eigenvalue weighted by atomic mass is 10.1. The van der Waals surface area contributed by atoms with Crippen molar-refractivity contribution >= 4 is 16.5 Å². The van der Waals surface area contributed by atoms with E-state index in [-0.39, 0.29) is 6.61 Å². The van der Waals surface area contributed by atoms with Gasteiger partial charge < -0.3 is 20.3 Å². The Morgan fingerprint density at radius 2 is 2.06 bits per heavy atom. The second kappa shape index (κ2) is 4.47. The van der Waals surface area contributed by atoms with E-state index in [2.05, 4.69) is 4.98 Å². The molecule has 0 saturated heterocycles. The minimum Gasteiger partial charge on any atom is -0.486 e. The van der Waals surface area contributed by atoms with Crippen molar-refractivity contribution in [2.45, 2.75) is 6.61 Å². The van der Waals surface area contributed by atoms with E-state index in [1.54, 1.807) is 0 Å². The number of aliphatic hydroxyl groups is 1. The number of nitrogens with two attached hydrogens (primary N) is 1. The number of rotatable bonds is 2.